The summed E-state index contributed by atoms with van der Waals surface area (Å²) in [6.45, 7) is 1.99. The molecule has 0 amide bonds. The van der Waals surface area contributed by atoms with Crippen LogP contribution in [0, 0.1) is 0 Å². The summed E-state index contributed by atoms with van der Waals surface area (Å²) in [6, 6.07) is 0.0745. The molecule has 0 saturated carbocycles. The van der Waals surface area contributed by atoms with E-state index in [4.69, 9.17) is 4.74 Å². The molecule has 0 radical (unpaired) electrons. The fourth-order valence-corrected chi connectivity index (χ4v) is 2.02. The molecule has 0 bridgehead atoms. The maximum absolute atomic E-state index is 9.89. The van der Waals surface area contributed by atoms with Crippen LogP contribution in [0.4, 0.5) is 0 Å². The van der Waals surface area contributed by atoms with E-state index in [0.29, 0.717) is 13.2 Å². The zero-order valence-electron chi connectivity index (χ0n) is 9.83. The summed E-state index contributed by atoms with van der Waals surface area (Å²) in [5, 5.41) is 9.89. The predicted octanol–water partition coefficient (Wildman–Crippen LogP) is 0.00170. The van der Waals surface area contributed by atoms with Crippen molar-refractivity contribution in [1.29, 1.82) is 0 Å². The molecule has 90 valence electrons. The maximum atomic E-state index is 9.89. The number of hydrogen-bond acceptors (Lipinski definition) is 4. The number of aliphatic hydroxyl groups excluding tert-OH is 1. The van der Waals surface area contributed by atoms with Crippen molar-refractivity contribution in [2.75, 3.05) is 20.3 Å². The van der Waals surface area contributed by atoms with Crippen LogP contribution in [0.25, 0.3) is 0 Å². The molecule has 2 atom stereocenters. The molecule has 0 spiro atoms. The first-order valence-corrected chi connectivity index (χ1v) is 5.60. The standard InChI is InChI=1S/C11H19N3O2/c1-13-5-4-12-11(13)7-14(2)9-8-16-6-3-10(9)15/h4-5,9-10,15H,3,6-8H2,1-2H3. The van der Waals surface area contributed by atoms with E-state index in [1.165, 1.54) is 0 Å². The number of aryl methyl sites for hydroxylation is 1. The van der Waals surface area contributed by atoms with Gasteiger partial charge in [-0.3, -0.25) is 4.90 Å². The van der Waals surface area contributed by atoms with E-state index in [-0.39, 0.29) is 12.1 Å². The van der Waals surface area contributed by atoms with Crippen molar-refractivity contribution in [3.63, 3.8) is 0 Å². The summed E-state index contributed by atoms with van der Waals surface area (Å²) < 4.78 is 7.39. The third-order valence-electron chi connectivity index (χ3n) is 3.17. The maximum Gasteiger partial charge on any atom is 0.122 e. The van der Waals surface area contributed by atoms with Gasteiger partial charge in [-0.25, -0.2) is 4.98 Å². The Bertz CT molecular complexity index is 340. The lowest BCUT2D eigenvalue weighted by molar-refractivity contribution is -0.0569. The Morgan fingerprint density at radius 3 is 3.12 bits per heavy atom. The zero-order valence-corrected chi connectivity index (χ0v) is 9.83. The number of aliphatic hydroxyl groups is 1. The molecule has 2 heterocycles. The second-order valence-corrected chi connectivity index (χ2v) is 4.37. The van der Waals surface area contributed by atoms with Crippen molar-refractivity contribution in [1.82, 2.24) is 14.5 Å². The second kappa shape index (κ2) is 4.95. The predicted molar refractivity (Wildman–Crippen MR) is 59.9 cm³/mol. The Morgan fingerprint density at radius 1 is 1.69 bits per heavy atom. The van der Waals surface area contributed by atoms with Crippen molar-refractivity contribution in [2.45, 2.75) is 25.1 Å². The monoisotopic (exact) mass is 225 g/mol. The van der Waals surface area contributed by atoms with Crippen molar-refractivity contribution in [3.05, 3.63) is 18.2 Å². The number of aromatic nitrogens is 2. The Morgan fingerprint density at radius 2 is 2.50 bits per heavy atom. The number of imidazole rings is 1. The molecular formula is C11H19N3O2. The second-order valence-electron chi connectivity index (χ2n) is 4.37. The van der Waals surface area contributed by atoms with E-state index < -0.39 is 0 Å². The topological polar surface area (TPSA) is 50.5 Å². The van der Waals surface area contributed by atoms with E-state index in [0.717, 1.165) is 18.8 Å². The Hall–Kier alpha value is -0.910. The molecule has 0 aromatic carbocycles. The average Bonchev–Trinajstić information content (AvgIpc) is 2.65. The van der Waals surface area contributed by atoms with Crippen LogP contribution in [0.1, 0.15) is 12.2 Å². The minimum absolute atomic E-state index is 0.0745. The van der Waals surface area contributed by atoms with Crippen molar-refractivity contribution >= 4 is 0 Å². The van der Waals surface area contributed by atoms with Gasteiger partial charge in [0, 0.05) is 26.0 Å². The molecule has 5 nitrogen and oxygen atoms in total. The van der Waals surface area contributed by atoms with Gasteiger partial charge in [0.25, 0.3) is 0 Å². The third kappa shape index (κ3) is 2.42. The van der Waals surface area contributed by atoms with Gasteiger partial charge in [0.05, 0.1) is 25.3 Å². The van der Waals surface area contributed by atoms with Gasteiger partial charge in [-0.05, 0) is 13.5 Å². The minimum atomic E-state index is -0.293. The fourth-order valence-electron chi connectivity index (χ4n) is 2.02. The molecule has 5 heteroatoms. The van der Waals surface area contributed by atoms with Crippen molar-refractivity contribution in [3.8, 4) is 0 Å². The number of rotatable bonds is 3. The molecule has 1 aromatic rings. The van der Waals surface area contributed by atoms with Gasteiger partial charge < -0.3 is 14.4 Å². The van der Waals surface area contributed by atoms with Crippen LogP contribution in [0.5, 0.6) is 0 Å². The molecule has 2 rings (SSSR count). The highest BCUT2D eigenvalue weighted by atomic mass is 16.5. The van der Waals surface area contributed by atoms with Gasteiger partial charge in [-0.15, -0.1) is 0 Å². The first-order valence-electron chi connectivity index (χ1n) is 5.60. The molecule has 1 fully saturated rings. The van der Waals surface area contributed by atoms with Crippen molar-refractivity contribution in [2.24, 2.45) is 7.05 Å². The molecule has 0 aliphatic carbocycles. The number of nitrogens with zero attached hydrogens (tertiary/aromatic N) is 3. The minimum Gasteiger partial charge on any atom is -0.391 e. The van der Waals surface area contributed by atoms with Crippen molar-refractivity contribution < 1.29 is 9.84 Å². The first-order chi connectivity index (χ1) is 7.68. The van der Waals surface area contributed by atoms with Gasteiger partial charge in [0.1, 0.15) is 5.82 Å². The highest BCUT2D eigenvalue weighted by Crippen LogP contribution is 2.14. The fraction of sp³-hybridized carbons (Fsp3) is 0.727. The lowest BCUT2D eigenvalue weighted by Crippen LogP contribution is -2.47. The lowest BCUT2D eigenvalue weighted by Gasteiger charge is -2.34. The smallest absolute Gasteiger partial charge is 0.122 e. The van der Waals surface area contributed by atoms with E-state index in [9.17, 15) is 5.11 Å². The normalized spacial score (nSPS) is 26.2. The van der Waals surface area contributed by atoms with E-state index >= 15 is 0 Å². The van der Waals surface area contributed by atoms with Gasteiger partial charge in [-0.2, -0.15) is 0 Å². The van der Waals surface area contributed by atoms with E-state index in [1.54, 1.807) is 6.20 Å². The van der Waals surface area contributed by atoms with Crippen LogP contribution in [-0.2, 0) is 18.3 Å². The molecule has 1 N–H and O–H groups in total. The Labute approximate surface area is 95.7 Å². The molecule has 1 aliphatic rings. The molecule has 1 saturated heterocycles. The number of hydrogen-bond donors (Lipinski definition) is 1. The average molecular weight is 225 g/mol. The zero-order chi connectivity index (χ0) is 11.5. The molecule has 1 aromatic heterocycles. The quantitative estimate of drug-likeness (QED) is 0.787. The van der Waals surface area contributed by atoms with Crippen LogP contribution in [0.15, 0.2) is 12.4 Å². The number of ether oxygens (including phenoxy) is 1. The third-order valence-corrected chi connectivity index (χ3v) is 3.17. The van der Waals surface area contributed by atoms with Gasteiger partial charge in [0.2, 0.25) is 0 Å². The van der Waals surface area contributed by atoms with Gasteiger partial charge in [-0.1, -0.05) is 0 Å². The molecule has 1 aliphatic heterocycles. The van der Waals surface area contributed by atoms with E-state index in [2.05, 4.69) is 9.88 Å². The lowest BCUT2D eigenvalue weighted by atomic mass is 10.1. The molecule has 2 unspecified atom stereocenters. The van der Waals surface area contributed by atoms with Crippen LogP contribution in [-0.4, -0.2) is 52.0 Å². The summed E-state index contributed by atoms with van der Waals surface area (Å²) in [4.78, 5) is 6.38. The highest BCUT2D eigenvalue weighted by Gasteiger charge is 2.27. The molecule has 16 heavy (non-hydrogen) atoms. The molecular weight excluding hydrogens is 206 g/mol. The summed E-state index contributed by atoms with van der Waals surface area (Å²) in [5.74, 6) is 1.00. The summed E-state index contributed by atoms with van der Waals surface area (Å²) >= 11 is 0. The van der Waals surface area contributed by atoms with Gasteiger partial charge >= 0.3 is 0 Å². The number of likely N-dealkylation sites (N-methyl/N-ethyl adjacent to an activating group) is 1. The summed E-state index contributed by atoms with van der Waals surface area (Å²) in [7, 11) is 3.97. The van der Waals surface area contributed by atoms with Crippen LogP contribution in [0.3, 0.4) is 0 Å². The Balaban J connectivity index is 1.96. The van der Waals surface area contributed by atoms with Crippen LogP contribution >= 0.6 is 0 Å². The summed E-state index contributed by atoms with van der Waals surface area (Å²) in [6.07, 6.45) is 4.14. The van der Waals surface area contributed by atoms with E-state index in [1.807, 2.05) is 24.9 Å². The SMILES string of the molecule is CN(Cc1nccn1C)C1COCCC1O. The van der Waals surface area contributed by atoms with Crippen LogP contribution in [0.2, 0.25) is 0 Å². The summed E-state index contributed by atoms with van der Waals surface area (Å²) in [5.41, 5.74) is 0. The van der Waals surface area contributed by atoms with Crippen LogP contribution < -0.4 is 0 Å². The van der Waals surface area contributed by atoms with Gasteiger partial charge in [0.15, 0.2) is 0 Å². The largest absolute Gasteiger partial charge is 0.391 e. The highest BCUT2D eigenvalue weighted by molar-refractivity contribution is 4.92. The Kier molecular flexibility index (Phi) is 3.58. The first kappa shape index (κ1) is 11.6.